The van der Waals surface area contributed by atoms with Crippen LogP contribution >= 0.6 is 0 Å². The molecule has 1 amide bonds. The van der Waals surface area contributed by atoms with Gasteiger partial charge in [0.05, 0.1) is 5.52 Å². The second kappa shape index (κ2) is 7.39. The summed E-state index contributed by atoms with van der Waals surface area (Å²) >= 11 is 0. The lowest BCUT2D eigenvalue weighted by molar-refractivity contribution is -0.120. The molecule has 3 aromatic rings. The molecule has 0 aliphatic rings. The van der Waals surface area contributed by atoms with Crippen LogP contribution in [0.3, 0.4) is 0 Å². The fourth-order valence-corrected chi connectivity index (χ4v) is 2.83. The zero-order valence-electron chi connectivity index (χ0n) is 15.1. The summed E-state index contributed by atoms with van der Waals surface area (Å²) < 4.78 is 7.26. The van der Waals surface area contributed by atoms with E-state index in [1.165, 1.54) is 0 Å². The normalized spacial score (nSPS) is 11.3. The molecule has 6 heteroatoms. The minimum atomic E-state index is -0.515. The minimum absolute atomic E-state index is 0.000645. The fraction of sp³-hybridized carbons (Fsp3) is 0.250. The lowest BCUT2D eigenvalue weighted by Gasteiger charge is -2.07. The summed E-state index contributed by atoms with van der Waals surface area (Å²) in [5, 5.41) is 18.8. The van der Waals surface area contributed by atoms with Gasteiger partial charge in [0.1, 0.15) is 5.75 Å². The van der Waals surface area contributed by atoms with Gasteiger partial charge in [0.2, 0.25) is 5.88 Å². The first kappa shape index (κ1) is 17.7. The number of benzene rings is 2. The molecule has 1 N–H and O–H groups in total. The van der Waals surface area contributed by atoms with Crippen molar-refractivity contribution in [2.75, 3.05) is 6.61 Å². The number of hydrogen-bond donors (Lipinski definition) is 1. The van der Waals surface area contributed by atoms with Crippen molar-refractivity contribution in [2.24, 2.45) is 10.2 Å². The number of hydrogen-bond acceptors (Lipinski definition) is 4. The largest absolute Gasteiger partial charge is 0.493 e. The second-order valence-electron chi connectivity index (χ2n) is 6.08. The van der Waals surface area contributed by atoms with Crippen molar-refractivity contribution in [3.8, 4) is 11.6 Å². The van der Waals surface area contributed by atoms with Crippen LogP contribution in [0.2, 0.25) is 0 Å². The van der Waals surface area contributed by atoms with Gasteiger partial charge in [-0.05, 0) is 44.0 Å². The van der Waals surface area contributed by atoms with E-state index in [2.05, 4.69) is 10.2 Å². The highest BCUT2D eigenvalue weighted by molar-refractivity contribution is 5.95. The molecule has 0 unspecified atom stereocenters. The van der Waals surface area contributed by atoms with Crippen LogP contribution in [0, 0.1) is 13.8 Å². The molecule has 0 aliphatic heterocycles. The zero-order valence-corrected chi connectivity index (χ0v) is 15.1. The summed E-state index contributed by atoms with van der Waals surface area (Å²) in [5.41, 5.74) is 3.14. The Hall–Kier alpha value is -3.15. The van der Waals surface area contributed by atoms with Crippen LogP contribution in [-0.4, -0.2) is 22.2 Å². The maximum absolute atomic E-state index is 12.0. The van der Waals surface area contributed by atoms with Crippen LogP contribution in [0.25, 0.3) is 10.9 Å². The van der Waals surface area contributed by atoms with Crippen LogP contribution in [0.1, 0.15) is 18.1 Å². The third-order valence-corrected chi connectivity index (χ3v) is 4.19. The van der Waals surface area contributed by atoms with Gasteiger partial charge in [-0.25, -0.2) is 0 Å². The maximum atomic E-state index is 12.0. The Kier molecular flexibility index (Phi) is 5.02. The molecule has 0 atom stereocenters. The SMILES string of the molecule is CCn1c(O)c(N=NC(=O)COc2cc(C)ccc2C)c2ccccc21. The van der Waals surface area contributed by atoms with Crippen molar-refractivity contribution in [3.63, 3.8) is 0 Å². The summed E-state index contributed by atoms with van der Waals surface area (Å²) in [6.07, 6.45) is 0. The zero-order chi connectivity index (χ0) is 18.7. The fourth-order valence-electron chi connectivity index (χ4n) is 2.83. The Morgan fingerprint density at radius 1 is 1.19 bits per heavy atom. The molecule has 1 heterocycles. The highest BCUT2D eigenvalue weighted by atomic mass is 16.5. The molecule has 0 bridgehead atoms. The number of carbonyl (C=O) groups is 1. The van der Waals surface area contributed by atoms with Crippen LogP contribution in [0.5, 0.6) is 11.6 Å². The van der Waals surface area contributed by atoms with Gasteiger partial charge in [0.25, 0.3) is 0 Å². The van der Waals surface area contributed by atoms with E-state index < -0.39 is 5.91 Å². The molecule has 1 aromatic heterocycles. The standard InChI is InChI=1S/C20H21N3O3/c1-4-23-16-8-6-5-7-15(16)19(20(23)25)22-21-18(24)12-26-17-11-13(2)9-10-14(17)3/h5-11,25H,4,12H2,1-3H3. The van der Waals surface area contributed by atoms with Gasteiger partial charge < -0.3 is 14.4 Å². The van der Waals surface area contributed by atoms with Crippen LogP contribution < -0.4 is 4.74 Å². The molecule has 2 aromatic carbocycles. The van der Waals surface area contributed by atoms with Gasteiger partial charge in [-0.3, -0.25) is 4.79 Å². The monoisotopic (exact) mass is 351 g/mol. The predicted molar refractivity (Wildman–Crippen MR) is 100 cm³/mol. The van der Waals surface area contributed by atoms with Crippen molar-refractivity contribution in [1.82, 2.24) is 4.57 Å². The van der Waals surface area contributed by atoms with Crippen molar-refractivity contribution in [3.05, 3.63) is 53.6 Å². The van der Waals surface area contributed by atoms with Gasteiger partial charge in [0.15, 0.2) is 12.3 Å². The number of ether oxygens (including phenoxy) is 1. The predicted octanol–water partition coefficient (Wildman–Crippen LogP) is 4.67. The first-order chi connectivity index (χ1) is 12.5. The van der Waals surface area contributed by atoms with E-state index in [0.29, 0.717) is 18.0 Å². The quantitative estimate of drug-likeness (QED) is 0.679. The highest BCUT2D eigenvalue weighted by Crippen LogP contribution is 2.38. The number of azo groups is 1. The molecular weight excluding hydrogens is 330 g/mol. The number of amides is 1. The lowest BCUT2D eigenvalue weighted by Crippen LogP contribution is -2.08. The Balaban J connectivity index is 1.78. The van der Waals surface area contributed by atoms with E-state index in [1.807, 2.05) is 63.2 Å². The highest BCUT2D eigenvalue weighted by Gasteiger charge is 2.15. The molecular formula is C20H21N3O3. The van der Waals surface area contributed by atoms with Crippen molar-refractivity contribution >= 4 is 22.5 Å². The Morgan fingerprint density at radius 3 is 2.73 bits per heavy atom. The summed E-state index contributed by atoms with van der Waals surface area (Å²) in [6.45, 7) is 6.18. The second-order valence-corrected chi connectivity index (χ2v) is 6.08. The molecule has 3 rings (SSSR count). The van der Waals surface area contributed by atoms with Gasteiger partial charge in [-0.2, -0.15) is 0 Å². The van der Waals surface area contributed by atoms with E-state index in [4.69, 9.17) is 4.74 Å². The topological polar surface area (TPSA) is 76.2 Å². The van der Waals surface area contributed by atoms with Crippen LogP contribution in [-0.2, 0) is 11.3 Å². The number of aryl methyl sites for hydroxylation is 3. The number of carbonyl (C=O) groups excluding carboxylic acids is 1. The molecule has 6 nitrogen and oxygen atoms in total. The molecule has 0 aliphatic carbocycles. The molecule has 0 saturated heterocycles. The van der Waals surface area contributed by atoms with Crippen LogP contribution in [0.15, 0.2) is 52.7 Å². The number of nitrogens with zero attached hydrogens (tertiary/aromatic N) is 3. The van der Waals surface area contributed by atoms with Crippen molar-refractivity contribution in [2.45, 2.75) is 27.3 Å². The molecule has 134 valence electrons. The first-order valence-electron chi connectivity index (χ1n) is 8.46. The van der Waals surface area contributed by atoms with Gasteiger partial charge in [-0.15, -0.1) is 10.2 Å². The minimum Gasteiger partial charge on any atom is -0.493 e. The van der Waals surface area contributed by atoms with E-state index in [-0.39, 0.29) is 12.5 Å². The Morgan fingerprint density at radius 2 is 1.96 bits per heavy atom. The molecule has 0 fully saturated rings. The summed E-state index contributed by atoms with van der Waals surface area (Å²) in [6, 6.07) is 13.3. The molecule has 0 spiro atoms. The molecule has 26 heavy (non-hydrogen) atoms. The number of aromatic hydroxyl groups is 1. The van der Waals surface area contributed by atoms with E-state index in [0.717, 1.165) is 22.0 Å². The first-order valence-corrected chi connectivity index (χ1v) is 8.46. The van der Waals surface area contributed by atoms with E-state index in [1.54, 1.807) is 4.57 Å². The number of aromatic nitrogens is 1. The third kappa shape index (κ3) is 3.44. The van der Waals surface area contributed by atoms with Crippen molar-refractivity contribution < 1.29 is 14.6 Å². The summed E-state index contributed by atoms with van der Waals surface area (Å²) in [7, 11) is 0. The van der Waals surface area contributed by atoms with E-state index >= 15 is 0 Å². The smallest absolute Gasteiger partial charge is 0.302 e. The van der Waals surface area contributed by atoms with Crippen molar-refractivity contribution in [1.29, 1.82) is 0 Å². The number of fused-ring (bicyclic) bond motifs is 1. The molecule has 0 saturated carbocycles. The number of rotatable bonds is 5. The van der Waals surface area contributed by atoms with Gasteiger partial charge >= 0.3 is 5.91 Å². The lowest BCUT2D eigenvalue weighted by atomic mass is 10.1. The number of para-hydroxylation sites is 1. The van der Waals surface area contributed by atoms with Gasteiger partial charge in [0, 0.05) is 11.9 Å². The summed E-state index contributed by atoms with van der Waals surface area (Å²) in [4.78, 5) is 12.0. The summed E-state index contributed by atoms with van der Waals surface area (Å²) in [5.74, 6) is 0.137. The Labute approximate surface area is 151 Å². The van der Waals surface area contributed by atoms with Crippen LogP contribution in [0.4, 0.5) is 5.69 Å². The maximum Gasteiger partial charge on any atom is 0.302 e. The average Bonchev–Trinajstić information content (AvgIpc) is 2.91. The Bertz CT molecular complexity index is 989. The average molecular weight is 351 g/mol. The van der Waals surface area contributed by atoms with E-state index in [9.17, 15) is 9.90 Å². The molecule has 0 radical (unpaired) electrons. The van der Waals surface area contributed by atoms with Gasteiger partial charge in [-0.1, -0.05) is 30.3 Å². The third-order valence-electron chi connectivity index (χ3n) is 4.19.